The summed E-state index contributed by atoms with van der Waals surface area (Å²) in [6.07, 6.45) is -8.98. The van der Waals surface area contributed by atoms with E-state index in [1.165, 1.54) is 18.2 Å². The van der Waals surface area contributed by atoms with Gasteiger partial charge >= 0.3 is 12.4 Å². The summed E-state index contributed by atoms with van der Waals surface area (Å²) >= 11 is 0. The Labute approximate surface area is 161 Å². The number of aromatic nitrogens is 1. The molecule has 1 amide bonds. The molecule has 0 bridgehead atoms. The van der Waals surface area contributed by atoms with Gasteiger partial charge in [0.25, 0.3) is 5.91 Å². The third-order valence-electron chi connectivity index (χ3n) is 3.50. The van der Waals surface area contributed by atoms with E-state index in [9.17, 15) is 31.1 Å². The minimum Gasteiger partial charge on any atom is -0.484 e. The number of hydrogen-bond donors (Lipinski definition) is 1. The average Bonchev–Trinajstić information content (AvgIpc) is 2.64. The third-order valence-corrected chi connectivity index (χ3v) is 3.50. The topological polar surface area (TPSA) is 60.5 Å². The Morgan fingerprint density at radius 3 is 2.28 bits per heavy atom. The summed E-state index contributed by atoms with van der Waals surface area (Å²) in [5.74, 6) is -0.774. The van der Waals surface area contributed by atoms with E-state index in [0.29, 0.717) is 0 Å². The van der Waals surface area contributed by atoms with E-state index in [0.717, 1.165) is 24.3 Å². The largest absolute Gasteiger partial charge is 0.484 e. The minimum absolute atomic E-state index is 0.0708. The van der Waals surface area contributed by atoms with Gasteiger partial charge in [-0.15, -0.1) is 0 Å². The lowest BCUT2D eigenvalue weighted by Gasteiger charge is -2.15. The highest BCUT2D eigenvalue weighted by Gasteiger charge is 2.30. The number of rotatable bonds is 7. The fourth-order valence-electron chi connectivity index (χ4n) is 2.15. The highest BCUT2D eigenvalue weighted by molar-refractivity contribution is 5.77. The SMILES string of the molecule is C[C@@H](NC(=O)COc1ccc(C(F)(F)F)cc1)c1cccc(OCC(F)(F)F)n1. The molecule has 2 rings (SSSR count). The van der Waals surface area contributed by atoms with Crippen LogP contribution >= 0.6 is 0 Å². The molecule has 0 saturated carbocycles. The molecule has 0 saturated heterocycles. The number of pyridine rings is 1. The molecule has 1 aromatic heterocycles. The monoisotopic (exact) mass is 422 g/mol. The molecule has 5 nitrogen and oxygen atoms in total. The molecule has 1 atom stereocenters. The number of benzene rings is 1. The molecule has 29 heavy (non-hydrogen) atoms. The number of amides is 1. The van der Waals surface area contributed by atoms with Crippen LogP contribution in [0.3, 0.4) is 0 Å². The van der Waals surface area contributed by atoms with Gasteiger partial charge in [0, 0.05) is 6.07 Å². The zero-order valence-corrected chi connectivity index (χ0v) is 15.0. The van der Waals surface area contributed by atoms with E-state index in [1.54, 1.807) is 6.92 Å². The molecule has 1 aromatic carbocycles. The molecule has 11 heteroatoms. The molecule has 0 aliphatic rings. The van der Waals surface area contributed by atoms with E-state index in [4.69, 9.17) is 4.74 Å². The molecule has 0 spiro atoms. The Balaban J connectivity index is 1.87. The summed E-state index contributed by atoms with van der Waals surface area (Å²) in [6, 6.07) is 7.31. The predicted molar refractivity (Wildman–Crippen MR) is 89.3 cm³/mol. The number of halogens is 6. The smallest absolute Gasteiger partial charge is 0.422 e. The quantitative estimate of drug-likeness (QED) is 0.676. The van der Waals surface area contributed by atoms with Crippen molar-refractivity contribution in [2.45, 2.75) is 25.3 Å². The van der Waals surface area contributed by atoms with Gasteiger partial charge in [0.2, 0.25) is 5.88 Å². The third kappa shape index (κ3) is 7.51. The van der Waals surface area contributed by atoms with Crippen molar-refractivity contribution in [1.29, 1.82) is 0 Å². The fourth-order valence-corrected chi connectivity index (χ4v) is 2.15. The second-order valence-electron chi connectivity index (χ2n) is 5.90. The van der Waals surface area contributed by atoms with Crippen LogP contribution in [-0.4, -0.2) is 30.3 Å². The summed E-state index contributed by atoms with van der Waals surface area (Å²) in [7, 11) is 0. The molecular weight excluding hydrogens is 406 g/mol. The van der Waals surface area contributed by atoms with Gasteiger partial charge in [-0.3, -0.25) is 4.79 Å². The van der Waals surface area contributed by atoms with E-state index in [-0.39, 0.29) is 17.3 Å². The maximum Gasteiger partial charge on any atom is 0.422 e. The van der Waals surface area contributed by atoms with Gasteiger partial charge in [-0.2, -0.15) is 26.3 Å². The van der Waals surface area contributed by atoms with Gasteiger partial charge in [-0.25, -0.2) is 4.98 Å². The standard InChI is InChI=1S/C18H16F6N2O3/c1-11(14-3-2-4-16(26-14)29-10-17(19,20)21)25-15(27)9-28-13-7-5-12(6-8-13)18(22,23)24/h2-8,11H,9-10H2,1H3,(H,25,27)/t11-/m1/s1. The lowest BCUT2D eigenvalue weighted by Crippen LogP contribution is -2.31. The maximum atomic E-state index is 12.5. The van der Waals surface area contributed by atoms with Gasteiger partial charge in [-0.05, 0) is 37.3 Å². The highest BCUT2D eigenvalue weighted by Crippen LogP contribution is 2.30. The van der Waals surface area contributed by atoms with Crippen LogP contribution in [0.1, 0.15) is 24.2 Å². The summed E-state index contributed by atoms with van der Waals surface area (Å²) in [5, 5.41) is 2.52. The van der Waals surface area contributed by atoms with E-state index in [2.05, 4.69) is 15.0 Å². The van der Waals surface area contributed by atoms with Crippen molar-refractivity contribution in [3.8, 4) is 11.6 Å². The van der Waals surface area contributed by atoms with Crippen LogP contribution in [0, 0.1) is 0 Å². The number of carbonyl (C=O) groups excluding carboxylic acids is 1. The summed E-state index contributed by atoms with van der Waals surface area (Å²) in [6.45, 7) is -0.420. The van der Waals surface area contributed by atoms with Crippen LogP contribution < -0.4 is 14.8 Å². The molecule has 1 heterocycles. The van der Waals surface area contributed by atoms with E-state index < -0.39 is 43.1 Å². The maximum absolute atomic E-state index is 12.5. The Morgan fingerprint density at radius 1 is 1.03 bits per heavy atom. The minimum atomic E-state index is -4.51. The van der Waals surface area contributed by atoms with Gasteiger partial charge in [0.1, 0.15) is 5.75 Å². The van der Waals surface area contributed by atoms with Crippen molar-refractivity contribution in [3.63, 3.8) is 0 Å². The van der Waals surface area contributed by atoms with Gasteiger partial charge in [-0.1, -0.05) is 6.07 Å². The van der Waals surface area contributed by atoms with E-state index in [1.807, 2.05) is 0 Å². The Kier molecular flexibility index (Phi) is 6.93. The Morgan fingerprint density at radius 2 is 1.69 bits per heavy atom. The van der Waals surface area contributed by atoms with Gasteiger partial charge in [0.05, 0.1) is 17.3 Å². The van der Waals surface area contributed by atoms with Crippen molar-refractivity contribution >= 4 is 5.91 Å². The number of hydrogen-bond acceptors (Lipinski definition) is 4. The van der Waals surface area contributed by atoms with Crippen molar-refractivity contribution < 1.29 is 40.6 Å². The molecule has 158 valence electrons. The second kappa shape index (κ2) is 9.01. The van der Waals surface area contributed by atoms with Crippen LogP contribution in [0.2, 0.25) is 0 Å². The molecule has 0 aliphatic carbocycles. The van der Waals surface area contributed by atoms with Crippen LogP contribution in [0.4, 0.5) is 26.3 Å². The highest BCUT2D eigenvalue weighted by atomic mass is 19.4. The summed E-state index contributed by atoms with van der Waals surface area (Å²) in [4.78, 5) is 15.8. The zero-order chi connectivity index (χ0) is 21.7. The summed E-state index contributed by atoms with van der Waals surface area (Å²) in [5.41, 5.74) is -0.589. The fraction of sp³-hybridized carbons (Fsp3) is 0.333. The molecule has 2 aromatic rings. The first-order valence-electron chi connectivity index (χ1n) is 8.20. The number of nitrogens with one attached hydrogen (secondary N) is 1. The van der Waals surface area contributed by atoms with Crippen LogP contribution in [0.25, 0.3) is 0 Å². The Bertz CT molecular complexity index is 822. The number of ether oxygens (including phenoxy) is 2. The lowest BCUT2D eigenvalue weighted by atomic mass is 10.2. The normalized spacial score (nSPS) is 12.9. The van der Waals surface area contributed by atoms with Crippen LogP contribution in [-0.2, 0) is 11.0 Å². The van der Waals surface area contributed by atoms with Gasteiger partial charge in [0.15, 0.2) is 13.2 Å². The first-order chi connectivity index (χ1) is 13.4. The molecule has 0 aliphatic heterocycles. The van der Waals surface area contributed by atoms with E-state index >= 15 is 0 Å². The predicted octanol–water partition coefficient (Wildman–Crippen LogP) is 4.30. The molecule has 0 radical (unpaired) electrons. The number of nitrogens with zero attached hydrogens (tertiary/aromatic N) is 1. The van der Waals surface area contributed by atoms with Crippen molar-refractivity contribution in [1.82, 2.24) is 10.3 Å². The van der Waals surface area contributed by atoms with Crippen molar-refractivity contribution in [2.24, 2.45) is 0 Å². The molecule has 1 N–H and O–H groups in total. The molecular formula is C18H16F6N2O3. The molecule has 0 fully saturated rings. The first-order valence-corrected chi connectivity index (χ1v) is 8.20. The van der Waals surface area contributed by atoms with Crippen molar-refractivity contribution in [3.05, 3.63) is 53.7 Å². The zero-order valence-electron chi connectivity index (χ0n) is 15.0. The Hall–Kier alpha value is -2.98. The first kappa shape index (κ1) is 22.3. The lowest BCUT2D eigenvalue weighted by molar-refractivity contribution is -0.154. The second-order valence-corrected chi connectivity index (χ2v) is 5.90. The van der Waals surface area contributed by atoms with Gasteiger partial charge < -0.3 is 14.8 Å². The molecule has 0 unspecified atom stereocenters. The van der Waals surface area contributed by atoms with Crippen molar-refractivity contribution in [2.75, 3.05) is 13.2 Å². The average molecular weight is 422 g/mol. The number of carbonyl (C=O) groups is 1. The summed E-state index contributed by atoms with van der Waals surface area (Å²) < 4.78 is 83.8. The number of alkyl halides is 6. The van der Waals surface area contributed by atoms with Crippen LogP contribution in [0.5, 0.6) is 11.6 Å². The van der Waals surface area contributed by atoms with Crippen LogP contribution in [0.15, 0.2) is 42.5 Å².